The highest BCUT2D eigenvalue weighted by molar-refractivity contribution is 7.99. The molecule has 1 heterocycles. The molecule has 0 radical (unpaired) electrons. The SMILES string of the molecule is CCC(CC)NC1CCSc2ccccc21. The number of hydrogen-bond donors (Lipinski definition) is 1. The second kappa shape index (κ2) is 5.74. The highest BCUT2D eigenvalue weighted by Gasteiger charge is 2.21. The summed E-state index contributed by atoms with van der Waals surface area (Å²) in [5, 5.41) is 3.80. The van der Waals surface area contributed by atoms with Crippen LogP contribution in [0.3, 0.4) is 0 Å². The Bertz CT molecular complexity index is 333. The molecule has 0 saturated carbocycles. The first-order chi connectivity index (χ1) is 7.85. The molecule has 0 aromatic heterocycles. The van der Waals surface area contributed by atoms with Crippen molar-refractivity contribution in [2.45, 2.75) is 50.1 Å². The van der Waals surface area contributed by atoms with Crippen molar-refractivity contribution >= 4 is 11.8 Å². The van der Waals surface area contributed by atoms with Crippen LogP contribution < -0.4 is 5.32 Å². The fourth-order valence-electron chi connectivity index (χ4n) is 2.32. The average molecular weight is 235 g/mol. The van der Waals surface area contributed by atoms with E-state index in [2.05, 4.69) is 43.4 Å². The summed E-state index contributed by atoms with van der Waals surface area (Å²) in [5.41, 5.74) is 1.51. The Balaban J connectivity index is 2.12. The van der Waals surface area contributed by atoms with Crippen LogP contribution in [0, 0.1) is 0 Å². The lowest BCUT2D eigenvalue weighted by Crippen LogP contribution is -2.33. The fourth-order valence-corrected chi connectivity index (χ4v) is 3.45. The molecule has 1 aliphatic heterocycles. The molecule has 1 nitrogen and oxygen atoms in total. The smallest absolute Gasteiger partial charge is 0.0341 e. The molecular weight excluding hydrogens is 214 g/mol. The molecule has 2 heteroatoms. The van der Waals surface area contributed by atoms with Crippen molar-refractivity contribution in [2.75, 3.05) is 5.75 Å². The lowest BCUT2D eigenvalue weighted by Gasteiger charge is -2.29. The van der Waals surface area contributed by atoms with E-state index in [1.54, 1.807) is 0 Å². The summed E-state index contributed by atoms with van der Waals surface area (Å²) >= 11 is 1.99. The molecule has 1 aromatic rings. The van der Waals surface area contributed by atoms with Crippen LogP contribution in [0.25, 0.3) is 0 Å². The third kappa shape index (κ3) is 2.61. The van der Waals surface area contributed by atoms with E-state index in [0.29, 0.717) is 12.1 Å². The topological polar surface area (TPSA) is 12.0 Å². The molecule has 0 spiro atoms. The van der Waals surface area contributed by atoms with Gasteiger partial charge in [-0.05, 0) is 36.6 Å². The van der Waals surface area contributed by atoms with Gasteiger partial charge in [-0.3, -0.25) is 0 Å². The highest BCUT2D eigenvalue weighted by atomic mass is 32.2. The number of nitrogens with one attached hydrogen (secondary N) is 1. The van der Waals surface area contributed by atoms with Gasteiger partial charge in [0.15, 0.2) is 0 Å². The van der Waals surface area contributed by atoms with Crippen LogP contribution in [0.5, 0.6) is 0 Å². The van der Waals surface area contributed by atoms with E-state index in [-0.39, 0.29) is 0 Å². The minimum absolute atomic E-state index is 0.572. The highest BCUT2D eigenvalue weighted by Crippen LogP contribution is 2.36. The van der Waals surface area contributed by atoms with Crippen molar-refractivity contribution in [3.8, 4) is 0 Å². The van der Waals surface area contributed by atoms with Gasteiger partial charge in [-0.2, -0.15) is 0 Å². The van der Waals surface area contributed by atoms with Crippen molar-refractivity contribution in [1.82, 2.24) is 5.32 Å². The van der Waals surface area contributed by atoms with Crippen molar-refractivity contribution in [3.63, 3.8) is 0 Å². The number of thioether (sulfide) groups is 1. The Morgan fingerprint density at radius 3 is 2.81 bits per heavy atom. The van der Waals surface area contributed by atoms with E-state index in [9.17, 15) is 0 Å². The van der Waals surface area contributed by atoms with Crippen molar-refractivity contribution in [2.24, 2.45) is 0 Å². The maximum atomic E-state index is 3.80. The van der Waals surface area contributed by atoms with Crippen molar-refractivity contribution in [1.29, 1.82) is 0 Å². The molecule has 0 amide bonds. The zero-order valence-corrected chi connectivity index (χ0v) is 11.0. The quantitative estimate of drug-likeness (QED) is 0.846. The van der Waals surface area contributed by atoms with Crippen LogP contribution in [0.2, 0.25) is 0 Å². The van der Waals surface area contributed by atoms with E-state index in [1.807, 2.05) is 11.8 Å². The second-order valence-electron chi connectivity index (χ2n) is 4.41. The molecule has 0 aliphatic carbocycles. The van der Waals surface area contributed by atoms with Crippen molar-refractivity contribution < 1.29 is 0 Å². The molecule has 2 rings (SSSR count). The molecule has 1 atom stereocenters. The van der Waals surface area contributed by atoms with Gasteiger partial charge >= 0.3 is 0 Å². The lowest BCUT2D eigenvalue weighted by atomic mass is 10.0. The zero-order valence-electron chi connectivity index (χ0n) is 10.2. The van der Waals surface area contributed by atoms with Gasteiger partial charge in [-0.15, -0.1) is 11.8 Å². The minimum Gasteiger partial charge on any atom is -0.307 e. The maximum Gasteiger partial charge on any atom is 0.0341 e. The summed E-state index contributed by atoms with van der Waals surface area (Å²) in [7, 11) is 0. The third-order valence-electron chi connectivity index (χ3n) is 3.38. The Hall–Kier alpha value is -0.470. The van der Waals surface area contributed by atoms with E-state index >= 15 is 0 Å². The minimum atomic E-state index is 0.572. The van der Waals surface area contributed by atoms with Crippen LogP contribution >= 0.6 is 11.8 Å². The van der Waals surface area contributed by atoms with Crippen LogP contribution in [-0.2, 0) is 0 Å². The van der Waals surface area contributed by atoms with Crippen LogP contribution in [0.1, 0.15) is 44.7 Å². The third-order valence-corrected chi connectivity index (χ3v) is 4.50. The lowest BCUT2D eigenvalue weighted by molar-refractivity contribution is 0.403. The van der Waals surface area contributed by atoms with Crippen molar-refractivity contribution in [3.05, 3.63) is 29.8 Å². The predicted molar refractivity (Wildman–Crippen MR) is 72.0 cm³/mol. The summed E-state index contributed by atoms with van der Waals surface area (Å²) in [4.78, 5) is 1.47. The Kier molecular flexibility index (Phi) is 4.30. The van der Waals surface area contributed by atoms with Crippen LogP contribution in [0.4, 0.5) is 0 Å². The van der Waals surface area contributed by atoms with E-state index in [0.717, 1.165) is 0 Å². The number of rotatable bonds is 4. The Labute approximate surface area is 103 Å². The first-order valence-electron chi connectivity index (χ1n) is 6.33. The van der Waals surface area contributed by atoms with Crippen LogP contribution in [0.15, 0.2) is 29.2 Å². The van der Waals surface area contributed by atoms with Gasteiger partial charge in [0.05, 0.1) is 0 Å². The molecule has 0 fully saturated rings. The van der Waals surface area contributed by atoms with Gasteiger partial charge in [0.1, 0.15) is 0 Å². The van der Waals surface area contributed by atoms with Gasteiger partial charge < -0.3 is 5.32 Å². The van der Waals surface area contributed by atoms with Gasteiger partial charge in [0.25, 0.3) is 0 Å². The Morgan fingerprint density at radius 2 is 2.06 bits per heavy atom. The van der Waals surface area contributed by atoms with Gasteiger partial charge in [-0.25, -0.2) is 0 Å². The molecule has 0 bridgehead atoms. The summed E-state index contributed by atoms with van der Waals surface area (Å²) in [6.45, 7) is 4.54. The number of hydrogen-bond acceptors (Lipinski definition) is 2. The molecule has 1 aromatic carbocycles. The predicted octanol–water partition coefficient (Wildman–Crippen LogP) is 4.00. The Morgan fingerprint density at radius 1 is 1.31 bits per heavy atom. The number of fused-ring (bicyclic) bond motifs is 1. The fraction of sp³-hybridized carbons (Fsp3) is 0.571. The van der Waals surface area contributed by atoms with Gasteiger partial charge in [0.2, 0.25) is 0 Å². The normalized spacial score (nSPS) is 19.8. The second-order valence-corrected chi connectivity index (χ2v) is 5.54. The van der Waals surface area contributed by atoms with E-state index in [4.69, 9.17) is 0 Å². The van der Waals surface area contributed by atoms with Gasteiger partial charge in [0, 0.05) is 17.0 Å². The molecule has 1 unspecified atom stereocenters. The first kappa shape index (κ1) is 12.0. The molecule has 0 saturated heterocycles. The molecule has 16 heavy (non-hydrogen) atoms. The summed E-state index contributed by atoms with van der Waals surface area (Å²) in [6.07, 6.45) is 3.71. The molecular formula is C14H21NS. The standard InChI is InChI=1S/C14H21NS/c1-3-11(4-2)15-13-9-10-16-14-8-6-5-7-12(13)14/h5-8,11,13,15H,3-4,9-10H2,1-2H3. The molecule has 1 N–H and O–H groups in total. The maximum absolute atomic E-state index is 3.80. The zero-order chi connectivity index (χ0) is 11.4. The summed E-state index contributed by atoms with van der Waals surface area (Å²) in [5.74, 6) is 1.24. The number of benzene rings is 1. The average Bonchev–Trinajstić information content (AvgIpc) is 2.36. The van der Waals surface area contributed by atoms with E-state index in [1.165, 1.54) is 35.5 Å². The largest absolute Gasteiger partial charge is 0.307 e. The van der Waals surface area contributed by atoms with Crippen LogP contribution in [-0.4, -0.2) is 11.8 Å². The summed E-state index contributed by atoms with van der Waals surface area (Å²) < 4.78 is 0. The summed E-state index contributed by atoms with van der Waals surface area (Å²) in [6, 6.07) is 10.1. The van der Waals surface area contributed by atoms with Gasteiger partial charge in [-0.1, -0.05) is 32.0 Å². The molecule has 1 aliphatic rings. The molecule has 88 valence electrons. The monoisotopic (exact) mass is 235 g/mol. The first-order valence-corrected chi connectivity index (χ1v) is 7.31. The van der Waals surface area contributed by atoms with E-state index < -0.39 is 0 Å².